The molecule has 1 aromatic rings. The Labute approximate surface area is 60.1 Å². The molecule has 2 nitrogen and oxygen atoms in total. The van der Waals surface area contributed by atoms with E-state index in [0.29, 0.717) is 5.75 Å². The second kappa shape index (κ2) is 2.60. The Hall–Kier alpha value is -1.18. The first-order valence-electron chi connectivity index (χ1n) is 2.91. The third kappa shape index (κ3) is 1.21. The van der Waals surface area contributed by atoms with Crippen LogP contribution < -0.4 is 4.74 Å². The van der Waals surface area contributed by atoms with Crippen molar-refractivity contribution >= 4 is 0 Å². The number of rotatable bonds is 1. The van der Waals surface area contributed by atoms with E-state index in [4.69, 9.17) is 4.74 Å². The first-order chi connectivity index (χ1) is 4.74. The van der Waals surface area contributed by atoms with E-state index in [-0.39, 0.29) is 5.75 Å². The summed E-state index contributed by atoms with van der Waals surface area (Å²) in [7, 11) is 1.52. The van der Waals surface area contributed by atoms with Gasteiger partial charge in [-0.3, -0.25) is 5.11 Å². The highest BCUT2D eigenvalue weighted by Gasteiger charge is 1.98. The van der Waals surface area contributed by atoms with Crippen LogP contribution in [0.4, 0.5) is 0 Å². The van der Waals surface area contributed by atoms with Crippen molar-refractivity contribution in [2.24, 2.45) is 0 Å². The van der Waals surface area contributed by atoms with Gasteiger partial charge in [0.1, 0.15) is 5.75 Å². The zero-order chi connectivity index (χ0) is 7.56. The van der Waals surface area contributed by atoms with E-state index in [0.717, 1.165) is 5.56 Å². The van der Waals surface area contributed by atoms with Crippen molar-refractivity contribution < 1.29 is 9.84 Å². The third-order valence-corrected chi connectivity index (χ3v) is 1.26. The van der Waals surface area contributed by atoms with Gasteiger partial charge in [0.15, 0.2) is 5.75 Å². The van der Waals surface area contributed by atoms with Crippen molar-refractivity contribution in [2.45, 2.75) is 0 Å². The van der Waals surface area contributed by atoms with Crippen LogP contribution in [0.5, 0.6) is 11.5 Å². The lowest BCUT2D eigenvalue weighted by atomic mass is 10.2. The highest BCUT2D eigenvalue weighted by molar-refractivity contribution is 5.41. The summed E-state index contributed by atoms with van der Waals surface area (Å²) < 4.78 is 4.86. The fourth-order valence-corrected chi connectivity index (χ4v) is 0.725. The molecular weight excluding hydrogens is 128 g/mol. The van der Waals surface area contributed by atoms with Crippen molar-refractivity contribution in [1.82, 2.24) is 0 Å². The standard InChI is InChI=1S/C8H8O2/c1-6-3-4-7(9)5-8(6)10-2/h3-5H,1H2,2H3. The molecule has 0 saturated carbocycles. The highest BCUT2D eigenvalue weighted by Crippen LogP contribution is 2.22. The molecule has 0 aliphatic carbocycles. The minimum absolute atomic E-state index is 0.0516. The Kier molecular flexibility index (Phi) is 1.81. The Morgan fingerprint density at radius 2 is 2.20 bits per heavy atom. The largest absolute Gasteiger partial charge is 0.496 e. The van der Waals surface area contributed by atoms with Gasteiger partial charge in [0.05, 0.1) is 7.11 Å². The van der Waals surface area contributed by atoms with Gasteiger partial charge in [-0.1, -0.05) is 6.07 Å². The van der Waals surface area contributed by atoms with E-state index >= 15 is 0 Å². The average molecular weight is 136 g/mol. The number of benzene rings is 1. The first-order valence-corrected chi connectivity index (χ1v) is 2.91. The monoisotopic (exact) mass is 136 g/mol. The first kappa shape index (κ1) is 6.93. The quantitative estimate of drug-likeness (QED) is 0.580. The fraction of sp³-hybridized carbons (Fsp3) is 0.125. The molecule has 1 rings (SSSR count). The van der Waals surface area contributed by atoms with Crippen molar-refractivity contribution in [2.75, 3.05) is 7.11 Å². The maximum atomic E-state index is 10.7. The SMILES string of the molecule is [CH2]c1ccc([O])cc1OC. The molecule has 0 atom stereocenters. The summed E-state index contributed by atoms with van der Waals surface area (Å²) >= 11 is 0. The molecule has 0 spiro atoms. The van der Waals surface area contributed by atoms with Crippen LogP contribution >= 0.6 is 0 Å². The molecule has 0 saturated heterocycles. The van der Waals surface area contributed by atoms with Gasteiger partial charge < -0.3 is 4.74 Å². The number of hydrogen-bond acceptors (Lipinski definition) is 1. The van der Waals surface area contributed by atoms with Crippen LogP contribution in [0, 0.1) is 6.92 Å². The van der Waals surface area contributed by atoms with E-state index in [2.05, 4.69) is 6.92 Å². The smallest absolute Gasteiger partial charge is 0.182 e. The maximum absolute atomic E-state index is 10.7. The van der Waals surface area contributed by atoms with E-state index in [1.54, 1.807) is 6.07 Å². The minimum Gasteiger partial charge on any atom is -0.496 e. The molecule has 0 aliphatic rings. The predicted octanol–water partition coefficient (Wildman–Crippen LogP) is 2.02. The lowest BCUT2D eigenvalue weighted by molar-refractivity contribution is 0.348. The molecule has 0 unspecified atom stereocenters. The van der Waals surface area contributed by atoms with Crippen LogP contribution in [0.15, 0.2) is 18.2 Å². The fourth-order valence-electron chi connectivity index (χ4n) is 0.725. The van der Waals surface area contributed by atoms with Crippen LogP contribution in [0.1, 0.15) is 5.56 Å². The molecule has 0 heterocycles. The molecule has 0 aliphatic heterocycles. The van der Waals surface area contributed by atoms with Crippen LogP contribution in [0.3, 0.4) is 0 Å². The van der Waals surface area contributed by atoms with Crippen molar-refractivity contribution in [3.63, 3.8) is 0 Å². The van der Waals surface area contributed by atoms with E-state index in [1.165, 1.54) is 19.2 Å². The summed E-state index contributed by atoms with van der Waals surface area (Å²) in [6.45, 7) is 3.67. The molecule has 0 bridgehead atoms. The average Bonchev–Trinajstić information content (AvgIpc) is 1.94. The summed E-state index contributed by atoms with van der Waals surface area (Å²) in [6.07, 6.45) is 0. The summed E-state index contributed by atoms with van der Waals surface area (Å²) in [5.41, 5.74) is 0.738. The molecular formula is C8H8O2. The summed E-state index contributed by atoms with van der Waals surface area (Å²) in [6, 6.07) is 4.52. The molecule has 10 heavy (non-hydrogen) atoms. The van der Waals surface area contributed by atoms with E-state index in [9.17, 15) is 5.11 Å². The number of hydrogen-bond donors (Lipinski definition) is 0. The second-order valence-electron chi connectivity index (χ2n) is 1.97. The van der Waals surface area contributed by atoms with Crippen LogP contribution in [0.2, 0.25) is 0 Å². The molecule has 1 aromatic carbocycles. The van der Waals surface area contributed by atoms with Gasteiger partial charge in [-0.25, -0.2) is 0 Å². The zero-order valence-electron chi connectivity index (χ0n) is 5.76. The van der Waals surface area contributed by atoms with Gasteiger partial charge >= 0.3 is 0 Å². The Morgan fingerprint density at radius 3 is 2.70 bits per heavy atom. The summed E-state index contributed by atoms with van der Waals surface area (Å²) in [5.74, 6) is 0.497. The molecule has 0 aromatic heterocycles. The van der Waals surface area contributed by atoms with Crippen LogP contribution in [-0.4, -0.2) is 7.11 Å². The highest BCUT2D eigenvalue weighted by atomic mass is 16.5. The zero-order valence-corrected chi connectivity index (χ0v) is 5.76. The summed E-state index contributed by atoms with van der Waals surface area (Å²) in [4.78, 5) is 0. The van der Waals surface area contributed by atoms with E-state index in [1.807, 2.05) is 0 Å². The van der Waals surface area contributed by atoms with E-state index < -0.39 is 0 Å². The summed E-state index contributed by atoms with van der Waals surface area (Å²) in [5, 5.41) is 10.7. The Bertz CT molecular complexity index is 231. The van der Waals surface area contributed by atoms with Gasteiger partial charge in [-0.15, -0.1) is 0 Å². The van der Waals surface area contributed by atoms with Crippen molar-refractivity contribution in [3.05, 3.63) is 30.7 Å². The second-order valence-corrected chi connectivity index (χ2v) is 1.97. The lowest BCUT2D eigenvalue weighted by Gasteiger charge is -2.01. The Balaban J connectivity index is 3.09. The molecule has 2 radical (unpaired) electrons. The molecule has 2 heteroatoms. The van der Waals surface area contributed by atoms with Crippen LogP contribution in [-0.2, 0) is 5.11 Å². The molecule has 52 valence electrons. The molecule has 0 N–H and O–H groups in total. The lowest BCUT2D eigenvalue weighted by Crippen LogP contribution is -1.84. The minimum atomic E-state index is -0.0516. The van der Waals surface area contributed by atoms with Gasteiger partial charge in [-0.2, -0.15) is 0 Å². The maximum Gasteiger partial charge on any atom is 0.182 e. The van der Waals surface area contributed by atoms with Crippen LogP contribution in [0.25, 0.3) is 0 Å². The van der Waals surface area contributed by atoms with Crippen molar-refractivity contribution in [3.8, 4) is 11.5 Å². The Morgan fingerprint density at radius 1 is 1.50 bits per heavy atom. The normalized spacial score (nSPS) is 9.40. The topological polar surface area (TPSA) is 29.1 Å². The predicted molar refractivity (Wildman–Crippen MR) is 37.6 cm³/mol. The van der Waals surface area contributed by atoms with Gasteiger partial charge in [0.2, 0.25) is 0 Å². The molecule has 0 amide bonds. The third-order valence-electron chi connectivity index (χ3n) is 1.26. The molecule has 0 fully saturated rings. The van der Waals surface area contributed by atoms with Gasteiger partial charge in [0.25, 0.3) is 0 Å². The number of ether oxygens (including phenoxy) is 1. The van der Waals surface area contributed by atoms with Gasteiger partial charge in [-0.05, 0) is 18.6 Å². The van der Waals surface area contributed by atoms with Crippen molar-refractivity contribution in [1.29, 1.82) is 0 Å². The number of methoxy groups -OCH3 is 1. The van der Waals surface area contributed by atoms with Gasteiger partial charge in [0, 0.05) is 6.07 Å².